The van der Waals surface area contributed by atoms with Gasteiger partial charge in [-0.15, -0.1) is 0 Å². The van der Waals surface area contributed by atoms with Gasteiger partial charge in [-0.3, -0.25) is 4.79 Å². The number of nitrogens with one attached hydrogen (secondary N) is 2. The molecule has 2 N–H and O–H groups in total. The topological polar surface area (TPSA) is 84.5 Å². The Morgan fingerprint density at radius 2 is 1.33 bits per heavy atom. The van der Waals surface area contributed by atoms with E-state index in [0.717, 1.165) is 11.1 Å². The second-order valence-electron chi connectivity index (χ2n) is 6.78. The number of rotatable bonds is 8. The van der Waals surface area contributed by atoms with Gasteiger partial charge in [-0.05, 0) is 42.3 Å². The van der Waals surface area contributed by atoms with Crippen LogP contribution in [0.1, 0.15) is 24.1 Å². The highest BCUT2D eigenvalue weighted by Crippen LogP contribution is 2.22. The fraction of sp³-hybridized carbons (Fsp3) is 0.174. The average Bonchev–Trinajstić information content (AvgIpc) is 2.78. The molecule has 0 aliphatic heterocycles. The van der Waals surface area contributed by atoms with Crippen molar-refractivity contribution in [3.8, 4) is 5.75 Å². The van der Waals surface area contributed by atoms with Crippen LogP contribution in [0.5, 0.6) is 5.75 Å². The predicted octanol–water partition coefficient (Wildman–Crippen LogP) is 3.27. The second kappa shape index (κ2) is 9.56. The highest BCUT2D eigenvalue weighted by molar-refractivity contribution is 7.89. The molecular formula is C23H24N2O4S. The summed E-state index contributed by atoms with van der Waals surface area (Å²) in [6, 6.07) is 23.7. The summed E-state index contributed by atoms with van der Waals surface area (Å²) in [4.78, 5) is 12.9. The molecule has 156 valence electrons. The predicted molar refractivity (Wildman–Crippen MR) is 116 cm³/mol. The minimum Gasteiger partial charge on any atom is -0.497 e. The van der Waals surface area contributed by atoms with Crippen LogP contribution in [0.2, 0.25) is 0 Å². The van der Waals surface area contributed by atoms with E-state index in [1.54, 1.807) is 12.1 Å². The van der Waals surface area contributed by atoms with Crippen molar-refractivity contribution in [2.24, 2.45) is 0 Å². The molecule has 3 aromatic carbocycles. The van der Waals surface area contributed by atoms with Crippen LogP contribution in [0.3, 0.4) is 0 Å². The first-order valence-corrected chi connectivity index (χ1v) is 11.0. The number of methoxy groups -OCH3 is 1. The molecule has 3 aromatic rings. The fourth-order valence-electron chi connectivity index (χ4n) is 3.03. The maximum atomic E-state index is 12.9. The third kappa shape index (κ3) is 5.25. The van der Waals surface area contributed by atoms with Crippen molar-refractivity contribution in [3.63, 3.8) is 0 Å². The van der Waals surface area contributed by atoms with Gasteiger partial charge in [0.1, 0.15) is 5.75 Å². The van der Waals surface area contributed by atoms with E-state index in [-0.39, 0.29) is 4.90 Å². The quantitative estimate of drug-likeness (QED) is 0.581. The van der Waals surface area contributed by atoms with E-state index in [1.165, 1.54) is 26.2 Å². The van der Waals surface area contributed by atoms with Gasteiger partial charge in [-0.2, -0.15) is 4.72 Å². The number of carbonyl (C=O) groups excluding carboxylic acids is 1. The Kier molecular flexibility index (Phi) is 6.87. The monoisotopic (exact) mass is 424 g/mol. The largest absolute Gasteiger partial charge is 0.497 e. The van der Waals surface area contributed by atoms with Crippen molar-refractivity contribution in [2.75, 3.05) is 7.11 Å². The van der Waals surface area contributed by atoms with E-state index in [1.807, 2.05) is 60.7 Å². The summed E-state index contributed by atoms with van der Waals surface area (Å²) in [5.74, 6) is 0.123. The lowest BCUT2D eigenvalue weighted by Crippen LogP contribution is -2.46. The van der Waals surface area contributed by atoms with Crippen molar-refractivity contribution in [1.29, 1.82) is 0 Å². The molecule has 1 atom stereocenters. The number of sulfonamides is 1. The van der Waals surface area contributed by atoms with E-state index < -0.39 is 28.0 Å². The third-order valence-corrected chi connectivity index (χ3v) is 6.20. The van der Waals surface area contributed by atoms with Gasteiger partial charge in [0.15, 0.2) is 0 Å². The number of benzene rings is 3. The van der Waals surface area contributed by atoms with Crippen LogP contribution in [0, 0.1) is 0 Å². The van der Waals surface area contributed by atoms with Crippen LogP contribution in [-0.4, -0.2) is 27.5 Å². The Bertz CT molecular complexity index is 1030. The summed E-state index contributed by atoms with van der Waals surface area (Å²) in [5.41, 5.74) is 1.81. The molecule has 30 heavy (non-hydrogen) atoms. The number of amides is 1. The average molecular weight is 425 g/mol. The standard InChI is InChI=1S/C23H24N2O4S/c1-17(25-30(27,28)21-15-13-20(29-2)14-16-21)23(26)24-22(18-9-5-3-6-10-18)19-11-7-4-8-12-19/h3-17,22,25H,1-2H3,(H,24,26)/t17-/m1/s1. The Morgan fingerprint density at radius 3 is 1.80 bits per heavy atom. The van der Waals surface area contributed by atoms with E-state index in [2.05, 4.69) is 10.0 Å². The third-order valence-electron chi connectivity index (χ3n) is 4.65. The van der Waals surface area contributed by atoms with Crippen LogP contribution in [-0.2, 0) is 14.8 Å². The Labute approximate surface area is 177 Å². The minimum atomic E-state index is -3.86. The maximum Gasteiger partial charge on any atom is 0.241 e. The number of carbonyl (C=O) groups is 1. The zero-order chi connectivity index (χ0) is 21.6. The maximum absolute atomic E-state index is 12.9. The first kappa shape index (κ1) is 21.5. The molecule has 0 saturated carbocycles. The smallest absolute Gasteiger partial charge is 0.241 e. The van der Waals surface area contributed by atoms with Crippen LogP contribution in [0.15, 0.2) is 89.8 Å². The van der Waals surface area contributed by atoms with Crippen LogP contribution in [0.25, 0.3) is 0 Å². The van der Waals surface area contributed by atoms with Crippen molar-refractivity contribution in [2.45, 2.75) is 23.9 Å². The summed E-state index contributed by atoms with van der Waals surface area (Å²) < 4.78 is 32.8. The number of ether oxygens (including phenoxy) is 1. The molecule has 6 nitrogen and oxygen atoms in total. The van der Waals surface area contributed by atoms with Gasteiger partial charge in [0.25, 0.3) is 0 Å². The van der Waals surface area contributed by atoms with Crippen LogP contribution in [0.4, 0.5) is 0 Å². The van der Waals surface area contributed by atoms with Crippen molar-refractivity contribution >= 4 is 15.9 Å². The summed E-state index contributed by atoms with van der Waals surface area (Å²) in [5, 5.41) is 2.96. The molecule has 3 rings (SSSR count). The number of hydrogen-bond acceptors (Lipinski definition) is 4. The lowest BCUT2D eigenvalue weighted by Gasteiger charge is -2.22. The Morgan fingerprint density at radius 1 is 0.833 bits per heavy atom. The highest BCUT2D eigenvalue weighted by Gasteiger charge is 2.25. The zero-order valence-electron chi connectivity index (χ0n) is 16.8. The second-order valence-corrected chi connectivity index (χ2v) is 8.50. The Hall–Kier alpha value is -3.16. The first-order valence-electron chi connectivity index (χ1n) is 9.47. The van der Waals surface area contributed by atoms with Crippen molar-refractivity contribution < 1.29 is 17.9 Å². The Balaban J connectivity index is 1.76. The van der Waals surface area contributed by atoms with Crippen molar-refractivity contribution in [1.82, 2.24) is 10.0 Å². The first-order chi connectivity index (χ1) is 14.4. The zero-order valence-corrected chi connectivity index (χ0v) is 17.6. The van der Waals surface area contributed by atoms with Gasteiger partial charge < -0.3 is 10.1 Å². The van der Waals surface area contributed by atoms with E-state index in [4.69, 9.17) is 4.74 Å². The molecule has 1 amide bonds. The van der Waals surface area contributed by atoms with E-state index in [0.29, 0.717) is 5.75 Å². The molecule has 0 radical (unpaired) electrons. The van der Waals surface area contributed by atoms with Gasteiger partial charge in [-0.1, -0.05) is 60.7 Å². The molecule has 0 unspecified atom stereocenters. The van der Waals surface area contributed by atoms with E-state index in [9.17, 15) is 13.2 Å². The van der Waals surface area contributed by atoms with Gasteiger partial charge in [-0.25, -0.2) is 8.42 Å². The van der Waals surface area contributed by atoms with Crippen LogP contribution < -0.4 is 14.8 Å². The highest BCUT2D eigenvalue weighted by atomic mass is 32.2. The lowest BCUT2D eigenvalue weighted by atomic mass is 9.98. The summed E-state index contributed by atoms with van der Waals surface area (Å²) >= 11 is 0. The normalized spacial score (nSPS) is 12.4. The molecule has 0 aliphatic rings. The SMILES string of the molecule is COc1ccc(S(=O)(=O)N[C@H](C)C(=O)NC(c2ccccc2)c2ccccc2)cc1. The number of hydrogen-bond donors (Lipinski definition) is 2. The molecule has 0 saturated heterocycles. The van der Waals surface area contributed by atoms with Gasteiger partial charge >= 0.3 is 0 Å². The van der Waals surface area contributed by atoms with E-state index >= 15 is 0 Å². The molecular weight excluding hydrogens is 400 g/mol. The molecule has 0 heterocycles. The molecule has 0 fully saturated rings. The molecule has 0 bridgehead atoms. The minimum absolute atomic E-state index is 0.0608. The summed E-state index contributed by atoms with van der Waals surface area (Å²) in [6.07, 6.45) is 0. The van der Waals surface area contributed by atoms with Crippen LogP contribution >= 0.6 is 0 Å². The van der Waals surface area contributed by atoms with Crippen molar-refractivity contribution in [3.05, 3.63) is 96.1 Å². The molecule has 0 spiro atoms. The lowest BCUT2D eigenvalue weighted by molar-refractivity contribution is -0.122. The summed E-state index contributed by atoms with van der Waals surface area (Å²) in [6.45, 7) is 1.52. The van der Waals surface area contributed by atoms with Gasteiger partial charge in [0.2, 0.25) is 15.9 Å². The molecule has 0 aliphatic carbocycles. The molecule has 7 heteroatoms. The molecule has 0 aromatic heterocycles. The van der Waals surface area contributed by atoms with Gasteiger partial charge in [0.05, 0.1) is 24.1 Å². The van der Waals surface area contributed by atoms with Gasteiger partial charge in [0, 0.05) is 0 Å². The summed E-state index contributed by atoms with van der Waals surface area (Å²) in [7, 11) is -2.36. The fourth-order valence-corrected chi connectivity index (χ4v) is 4.23.